The summed E-state index contributed by atoms with van der Waals surface area (Å²) in [6, 6.07) is 0. The predicted octanol–water partition coefficient (Wildman–Crippen LogP) is 11.6. The maximum absolute atomic E-state index is 12.9. The highest BCUT2D eigenvalue weighted by atomic mass is 31.2. The van der Waals surface area contributed by atoms with Gasteiger partial charge in [-0.2, -0.15) is 0 Å². The van der Waals surface area contributed by atoms with Crippen LogP contribution in [0.4, 0.5) is 0 Å². The number of esters is 2. The molecule has 0 amide bonds. The van der Waals surface area contributed by atoms with Crippen molar-refractivity contribution < 1.29 is 70.5 Å². The van der Waals surface area contributed by atoms with Crippen LogP contribution in [0.2, 0.25) is 0 Å². The van der Waals surface area contributed by atoms with Crippen LogP contribution >= 0.6 is 7.82 Å². The number of unbranched alkanes of at least 4 members (excludes halogenated alkanes) is 16. The van der Waals surface area contributed by atoms with Crippen LogP contribution in [0, 0.1) is 0 Å². The Morgan fingerprint density at radius 2 is 1.01 bits per heavy atom. The van der Waals surface area contributed by atoms with Gasteiger partial charge in [0.1, 0.15) is 33.3 Å². The zero-order valence-corrected chi connectivity index (χ0v) is 45.0. The van der Waals surface area contributed by atoms with E-state index < -0.39 is 32.5 Å². The molecule has 4 atom stereocenters. The molecule has 0 rings (SSSR count). The number of quaternary nitrogens is 1. The normalized spacial score (nSPS) is 14.4. The second-order valence-corrected chi connectivity index (χ2v) is 20.2. The summed E-state index contributed by atoms with van der Waals surface area (Å²) < 4.78 is 67.6. The van der Waals surface area contributed by atoms with E-state index in [1.54, 1.807) is 14.2 Å². The molecule has 0 radical (unpaired) electrons. The Morgan fingerprint density at radius 1 is 0.544 bits per heavy atom. The van der Waals surface area contributed by atoms with Gasteiger partial charge >= 0.3 is 19.8 Å². The minimum absolute atomic E-state index is 0.00576. The summed E-state index contributed by atoms with van der Waals surface area (Å²) in [6.07, 6.45) is 33.4. The fourth-order valence-electron chi connectivity index (χ4n) is 6.95. The first-order valence-corrected chi connectivity index (χ1v) is 27.8. The lowest BCUT2D eigenvalue weighted by molar-refractivity contribution is -0.870. The second kappa shape index (κ2) is 47.6. The van der Waals surface area contributed by atoms with E-state index >= 15 is 0 Å². The van der Waals surface area contributed by atoms with Crippen molar-refractivity contribution in [3.05, 3.63) is 24.3 Å². The van der Waals surface area contributed by atoms with Crippen molar-refractivity contribution in [1.29, 1.82) is 0 Å². The Balaban J connectivity index is 4.68. The quantitative estimate of drug-likeness (QED) is 0.0153. The van der Waals surface area contributed by atoms with Crippen LogP contribution in [0.25, 0.3) is 0 Å². The smallest absolute Gasteiger partial charge is 0.462 e. The fraction of sp³-hybridized carbons (Fsp3) is 0.885. The Labute approximate surface area is 414 Å². The van der Waals surface area contributed by atoms with Gasteiger partial charge in [-0.15, -0.1) is 0 Å². The topological polar surface area (TPSA) is 164 Å². The van der Waals surface area contributed by atoms with E-state index in [4.69, 9.17) is 46.9 Å². The van der Waals surface area contributed by atoms with Gasteiger partial charge in [-0.1, -0.05) is 128 Å². The molecule has 0 aliphatic rings. The maximum Gasteiger partial charge on any atom is 0.472 e. The molecular formula is C52H101NO14P+. The average Bonchev–Trinajstić information content (AvgIpc) is 3.30. The molecule has 0 aromatic carbocycles. The lowest BCUT2D eigenvalue weighted by Crippen LogP contribution is -2.37. The highest BCUT2D eigenvalue weighted by Gasteiger charge is 2.27. The average molecular weight is 995 g/mol. The van der Waals surface area contributed by atoms with Crippen molar-refractivity contribution in [2.75, 3.05) is 102 Å². The summed E-state index contributed by atoms with van der Waals surface area (Å²) in [7, 11) is 4.71. The van der Waals surface area contributed by atoms with Crippen LogP contribution in [0.1, 0.15) is 181 Å². The number of methoxy groups -OCH3 is 2. The summed E-state index contributed by atoms with van der Waals surface area (Å²) in [5.74, 6) is -0.884. The van der Waals surface area contributed by atoms with Gasteiger partial charge in [0.2, 0.25) is 0 Å². The van der Waals surface area contributed by atoms with Crippen LogP contribution in [0.15, 0.2) is 24.3 Å². The Kier molecular flexibility index (Phi) is 46.3. The van der Waals surface area contributed by atoms with Crippen molar-refractivity contribution in [3.8, 4) is 0 Å². The van der Waals surface area contributed by atoms with Crippen LogP contribution in [0.5, 0.6) is 0 Å². The summed E-state index contributed by atoms with van der Waals surface area (Å²) in [5.41, 5.74) is 0. The van der Waals surface area contributed by atoms with Gasteiger partial charge in [0.25, 0.3) is 0 Å². The molecule has 0 bridgehead atoms. The third-order valence-corrected chi connectivity index (χ3v) is 12.2. The molecule has 0 aliphatic heterocycles. The standard InChI is InChI=1S/C52H100NO14P/c1-8-10-12-26-32-48(63-46-60-42-40-58-6)34-28-22-18-14-16-20-24-30-36-51(54)62-44-50(45-66-68(56,57)65-39-38-53(3,4)5)67-52(55)37-31-25-21-17-15-19-23-29-35-49(33-27-13-11-9-2)64-47-61-43-41-59-7/h22-23,28-29,48-50H,8-21,24-27,30-47H2,1-7H3/p+1/b28-22+,29-23+. The van der Waals surface area contributed by atoms with Crippen LogP contribution < -0.4 is 0 Å². The van der Waals surface area contributed by atoms with Crippen LogP contribution in [-0.2, 0) is 61.1 Å². The number of nitrogens with zero attached hydrogens (tertiary/aromatic N) is 1. The molecule has 0 aromatic heterocycles. The largest absolute Gasteiger partial charge is 0.472 e. The number of hydrogen-bond acceptors (Lipinski definition) is 13. The Bertz CT molecular complexity index is 1250. The van der Waals surface area contributed by atoms with Crippen LogP contribution in [0.3, 0.4) is 0 Å². The third kappa shape index (κ3) is 47.9. The molecule has 0 aromatic rings. The van der Waals surface area contributed by atoms with E-state index in [9.17, 15) is 19.0 Å². The fourth-order valence-corrected chi connectivity index (χ4v) is 7.69. The predicted molar refractivity (Wildman–Crippen MR) is 270 cm³/mol. The molecule has 0 aliphatic carbocycles. The summed E-state index contributed by atoms with van der Waals surface area (Å²) >= 11 is 0. The van der Waals surface area contributed by atoms with Gasteiger partial charge in [0.05, 0.1) is 66.4 Å². The third-order valence-electron chi connectivity index (χ3n) is 11.2. The molecule has 1 N–H and O–H groups in total. The van der Waals surface area contributed by atoms with Gasteiger partial charge in [-0.05, 0) is 64.2 Å². The van der Waals surface area contributed by atoms with E-state index in [1.165, 1.54) is 38.5 Å². The number of ether oxygens (including phenoxy) is 8. The zero-order valence-electron chi connectivity index (χ0n) is 44.1. The Hall–Kier alpha value is -1.75. The highest BCUT2D eigenvalue weighted by Crippen LogP contribution is 2.43. The van der Waals surface area contributed by atoms with Gasteiger partial charge in [0, 0.05) is 27.1 Å². The van der Waals surface area contributed by atoms with Gasteiger partial charge in [-0.25, -0.2) is 4.57 Å². The number of likely N-dealkylation sites (N-methyl/N-ethyl adjacent to an activating group) is 1. The van der Waals surface area contributed by atoms with E-state index in [-0.39, 0.29) is 51.8 Å². The summed E-state index contributed by atoms with van der Waals surface area (Å²) in [6.45, 7) is 6.96. The first-order valence-electron chi connectivity index (χ1n) is 26.3. The minimum Gasteiger partial charge on any atom is -0.462 e. The SMILES string of the molecule is CCCCCCC(C/C=C/CCCCCCCC(=O)OCC(COP(=O)(O)OCC[N+](C)(C)C)OC(=O)CCCCCCC/C=C/CC(CCCCCC)OCOCCOC)OCOCCOC. The first kappa shape index (κ1) is 66.2. The van der Waals surface area contributed by atoms with Crippen molar-refractivity contribution in [1.82, 2.24) is 0 Å². The number of carbonyl (C=O) groups excluding carboxylic acids is 2. The second-order valence-electron chi connectivity index (χ2n) is 18.7. The molecule has 15 nitrogen and oxygen atoms in total. The molecular weight excluding hydrogens is 894 g/mol. The molecule has 402 valence electrons. The summed E-state index contributed by atoms with van der Waals surface area (Å²) in [4.78, 5) is 35.8. The number of hydrogen-bond donors (Lipinski definition) is 1. The molecule has 0 spiro atoms. The van der Waals surface area contributed by atoms with Crippen molar-refractivity contribution in [3.63, 3.8) is 0 Å². The zero-order chi connectivity index (χ0) is 50.2. The Morgan fingerprint density at radius 3 is 1.50 bits per heavy atom. The minimum atomic E-state index is -4.42. The molecule has 4 unspecified atom stereocenters. The number of phosphoric ester groups is 1. The maximum atomic E-state index is 12.9. The monoisotopic (exact) mass is 995 g/mol. The van der Waals surface area contributed by atoms with Crippen molar-refractivity contribution in [2.45, 2.75) is 199 Å². The van der Waals surface area contributed by atoms with E-state index in [1.807, 2.05) is 21.1 Å². The lowest BCUT2D eigenvalue weighted by Gasteiger charge is -2.24. The molecule has 0 heterocycles. The lowest BCUT2D eigenvalue weighted by atomic mass is 10.1. The molecule has 0 saturated carbocycles. The summed E-state index contributed by atoms with van der Waals surface area (Å²) in [5, 5.41) is 0. The molecule has 68 heavy (non-hydrogen) atoms. The van der Waals surface area contributed by atoms with Gasteiger partial charge in [-0.3, -0.25) is 18.6 Å². The van der Waals surface area contributed by atoms with Crippen molar-refractivity contribution >= 4 is 19.8 Å². The molecule has 16 heteroatoms. The number of carbonyl (C=O) groups is 2. The van der Waals surface area contributed by atoms with Crippen LogP contribution in [-0.4, -0.2) is 141 Å². The van der Waals surface area contributed by atoms with E-state index in [2.05, 4.69) is 38.2 Å². The van der Waals surface area contributed by atoms with Gasteiger partial charge < -0.3 is 47.3 Å². The van der Waals surface area contributed by atoms with Crippen molar-refractivity contribution in [2.24, 2.45) is 0 Å². The molecule has 0 fully saturated rings. The number of phosphoric acid groups is 1. The van der Waals surface area contributed by atoms with E-state index in [0.29, 0.717) is 50.3 Å². The number of allylic oxidation sites excluding steroid dienone is 2. The van der Waals surface area contributed by atoms with E-state index in [0.717, 1.165) is 103 Å². The molecule has 0 saturated heterocycles. The first-order chi connectivity index (χ1) is 32.9. The van der Waals surface area contributed by atoms with Gasteiger partial charge in [0.15, 0.2) is 6.10 Å². The number of rotatable bonds is 52. The highest BCUT2D eigenvalue weighted by molar-refractivity contribution is 7.47.